The molecule has 0 aliphatic carbocycles. The number of rotatable bonds is 3. The number of carbonyl (C=O) groups is 1. The number of likely N-dealkylation sites (tertiary alicyclic amines) is 1. The lowest BCUT2D eigenvalue weighted by molar-refractivity contribution is 0.0615. The molecule has 0 atom stereocenters. The summed E-state index contributed by atoms with van der Waals surface area (Å²) in [4.78, 5) is 17.2. The molecule has 1 fully saturated rings. The molecule has 0 unspecified atom stereocenters. The molecular formula is C18H29Cl2N3O. The van der Waals surface area contributed by atoms with Crippen LogP contribution in [0.3, 0.4) is 0 Å². The fourth-order valence-corrected chi connectivity index (χ4v) is 3.60. The van der Waals surface area contributed by atoms with Crippen molar-refractivity contribution in [2.75, 3.05) is 32.0 Å². The Morgan fingerprint density at radius 2 is 1.92 bits per heavy atom. The predicted molar refractivity (Wildman–Crippen MR) is 105 cm³/mol. The van der Waals surface area contributed by atoms with E-state index in [2.05, 4.69) is 30.1 Å². The van der Waals surface area contributed by atoms with E-state index in [-0.39, 0.29) is 30.7 Å². The first-order valence-electron chi connectivity index (χ1n) is 8.44. The number of amides is 1. The van der Waals surface area contributed by atoms with Crippen molar-refractivity contribution < 1.29 is 4.79 Å². The fraction of sp³-hybridized carbons (Fsp3) is 0.611. The van der Waals surface area contributed by atoms with Gasteiger partial charge in [-0.25, -0.2) is 0 Å². The van der Waals surface area contributed by atoms with E-state index in [1.54, 1.807) is 0 Å². The van der Waals surface area contributed by atoms with Crippen molar-refractivity contribution >= 4 is 36.4 Å². The van der Waals surface area contributed by atoms with Gasteiger partial charge in [-0.05, 0) is 56.9 Å². The quantitative estimate of drug-likeness (QED) is 0.881. The summed E-state index contributed by atoms with van der Waals surface area (Å²) in [7, 11) is 1.96. The van der Waals surface area contributed by atoms with Crippen molar-refractivity contribution in [3.05, 3.63) is 29.3 Å². The lowest BCUT2D eigenvalue weighted by atomic mass is 10.0. The minimum Gasteiger partial charge on any atom is -0.384 e. The third kappa shape index (κ3) is 4.35. The number of hydrogen-bond acceptors (Lipinski definition) is 3. The van der Waals surface area contributed by atoms with E-state index in [1.165, 1.54) is 11.3 Å². The number of piperidine rings is 1. The van der Waals surface area contributed by atoms with Crippen LogP contribution < -0.4 is 5.32 Å². The standard InChI is InChI=1S/C18H27N3O.2ClH/c1-13(2)21-10-7-16(8-11-21)20(3)18(22)15-4-5-17-14(12-15)6-9-19-17;;/h4-5,12-13,16,19H,6-11H2,1-3H3;2*1H. The smallest absolute Gasteiger partial charge is 0.253 e. The number of fused-ring (bicyclic) bond motifs is 1. The van der Waals surface area contributed by atoms with Gasteiger partial charge in [-0.1, -0.05) is 0 Å². The molecule has 2 aliphatic rings. The van der Waals surface area contributed by atoms with E-state index in [1.807, 2.05) is 24.1 Å². The zero-order valence-electron chi connectivity index (χ0n) is 14.7. The second-order valence-electron chi connectivity index (χ2n) is 6.83. The lowest BCUT2D eigenvalue weighted by Crippen LogP contribution is -2.47. The zero-order valence-corrected chi connectivity index (χ0v) is 16.4. The maximum absolute atomic E-state index is 12.8. The van der Waals surface area contributed by atoms with Crippen LogP contribution in [0.25, 0.3) is 0 Å². The first kappa shape index (κ1) is 21.1. The third-order valence-electron chi connectivity index (χ3n) is 5.16. The molecule has 1 amide bonds. The predicted octanol–water partition coefficient (Wildman–Crippen LogP) is 3.44. The van der Waals surface area contributed by atoms with Crippen molar-refractivity contribution in [2.45, 2.75) is 45.2 Å². The number of nitrogens with zero attached hydrogens (tertiary/aromatic N) is 2. The van der Waals surface area contributed by atoms with Crippen LogP contribution in [-0.4, -0.2) is 54.5 Å². The highest BCUT2D eigenvalue weighted by Crippen LogP contribution is 2.25. The Morgan fingerprint density at radius 1 is 1.25 bits per heavy atom. The molecule has 0 bridgehead atoms. The summed E-state index contributed by atoms with van der Waals surface area (Å²) in [5, 5.41) is 3.34. The highest BCUT2D eigenvalue weighted by atomic mass is 35.5. The van der Waals surface area contributed by atoms with Gasteiger partial charge in [0.05, 0.1) is 0 Å². The molecule has 2 heterocycles. The average molecular weight is 374 g/mol. The summed E-state index contributed by atoms with van der Waals surface area (Å²) in [5.74, 6) is 0.165. The molecule has 24 heavy (non-hydrogen) atoms. The Labute approximate surface area is 157 Å². The van der Waals surface area contributed by atoms with Gasteiger partial charge >= 0.3 is 0 Å². The van der Waals surface area contributed by atoms with E-state index < -0.39 is 0 Å². The number of nitrogens with one attached hydrogen (secondary N) is 1. The summed E-state index contributed by atoms with van der Waals surface area (Å²) < 4.78 is 0. The minimum atomic E-state index is 0. The van der Waals surface area contributed by atoms with Crippen LogP contribution in [0, 0.1) is 0 Å². The monoisotopic (exact) mass is 373 g/mol. The van der Waals surface area contributed by atoms with Crippen LogP contribution in [0.1, 0.15) is 42.6 Å². The zero-order chi connectivity index (χ0) is 15.7. The molecule has 1 saturated heterocycles. The molecule has 136 valence electrons. The van der Waals surface area contributed by atoms with Crippen LogP contribution in [0.5, 0.6) is 0 Å². The van der Waals surface area contributed by atoms with Crippen molar-refractivity contribution in [1.29, 1.82) is 0 Å². The molecule has 2 aliphatic heterocycles. The van der Waals surface area contributed by atoms with E-state index in [4.69, 9.17) is 0 Å². The van der Waals surface area contributed by atoms with Gasteiger partial charge in [-0.15, -0.1) is 24.8 Å². The highest BCUT2D eigenvalue weighted by Gasteiger charge is 2.27. The lowest BCUT2D eigenvalue weighted by Gasteiger charge is -2.38. The minimum absolute atomic E-state index is 0. The Hall–Kier alpha value is -0.970. The highest BCUT2D eigenvalue weighted by molar-refractivity contribution is 5.95. The average Bonchev–Trinajstić information content (AvgIpc) is 3.01. The van der Waals surface area contributed by atoms with Crippen LogP contribution in [-0.2, 0) is 6.42 Å². The molecule has 1 aromatic carbocycles. The molecule has 6 heteroatoms. The Bertz CT molecular complexity index is 557. The second kappa shape index (κ2) is 8.93. The third-order valence-corrected chi connectivity index (χ3v) is 5.16. The van der Waals surface area contributed by atoms with Crippen LogP contribution in [0.2, 0.25) is 0 Å². The topological polar surface area (TPSA) is 35.6 Å². The van der Waals surface area contributed by atoms with Gasteiger partial charge in [0.2, 0.25) is 0 Å². The van der Waals surface area contributed by atoms with Gasteiger partial charge in [-0.2, -0.15) is 0 Å². The Kier molecular flexibility index (Phi) is 7.84. The van der Waals surface area contributed by atoms with Crippen LogP contribution in [0.4, 0.5) is 5.69 Å². The van der Waals surface area contributed by atoms with E-state index in [0.717, 1.165) is 44.5 Å². The first-order chi connectivity index (χ1) is 10.6. The van der Waals surface area contributed by atoms with Gasteiger partial charge in [0.25, 0.3) is 5.91 Å². The van der Waals surface area contributed by atoms with Crippen LogP contribution in [0.15, 0.2) is 18.2 Å². The van der Waals surface area contributed by atoms with Gasteiger partial charge in [0.15, 0.2) is 0 Å². The van der Waals surface area contributed by atoms with Crippen LogP contribution >= 0.6 is 24.8 Å². The van der Waals surface area contributed by atoms with Gasteiger partial charge in [0, 0.05) is 50.0 Å². The van der Waals surface area contributed by atoms with Gasteiger partial charge in [0.1, 0.15) is 0 Å². The van der Waals surface area contributed by atoms with Crippen molar-refractivity contribution in [3.8, 4) is 0 Å². The van der Waals surface area contributed by atoms with Gasteiger partial charge in [-0.3, -0.25) is 4.79 Å². The maximum atomic E-state index is 12.8. The summed E-state index contributed by atoms with van der Waals surface area (Å²) in [6, 6.07) is 7.04. The number of benzene rings is 1. The maximum Gasteiger partial charge on any atom is 0.253 e. The normalized spacial score (nSPS) is 17.5. The number of carbonyl (C=O) groups excluding carboxylic acids is 1. The molecule has 1 aromatic rings. The largest absolute Gasteiger partial charge is 0.384 e. The van der Waals surface area contributed by atoms with Crippen molar-refractivity contribution in [1.82, 2.24) is 9.80 Å². The summed E-state index contributed by atoms with van der Waals surface area (Å²) in [6.45, 7) is 7.65. The summed E-state index contributed by atoms with van der Waals surface area (Å²) >= 11 is 0. The molecule has 4 nitrogen and oxygen atoms in total. The molecule has 0 spiro atoms. The van der Waals surface area contributed by atoms with Gasteiger partial charge < -0.3 is 15.1 Å². The Balaban J connectivity index is 0.00000144. The number of anilines is 1. The molecular weight excluding hydrogens is 345 g/mol. The summed E-state index contributed by atoms with van der Waals surface area (Å²) in [6.07, 6.45) is 3.17. The molecule has 3 rings (SSSR count). The number of halogens is 2. The van der Waals surface area contributed by atoms with E-state index in [9.17, 15) is 4.79 Å². The Morgan fingerprint density at radius 3 is 2.54 bits per heavy atom. The molecule has 0 radical (unpaired) electrons. The SMILES string of the molecule is CC(C)N1CCC(N(C)C(=O)c2ccc3c(c2)CCN3)CC1.Cl.Cl. The van der Waals surface area contributed by atoms with E-state index in [0.29, 0.717) is 12.1 Å². The number of hydrogen-bond donors (Lipinski definition) is 1. The van der Waals surface area contributed by atoms with E-state index >= 15 is 0 Å². The first-order valence-corrected chi connectivity index (χ1v) is 8.44. The summed E-state index contributed by atoms with van der Waals surface area (Å²) in [5.41, 5.74) is 3.29. The molecule has 0 saturated carbocycles. The van der Waals surface area contributed by atoms with Crippen molar-refractivity contribution in [3.63, 3.8) is 0 Å². The second-order valence-corrected chi connectivity index (χ2v) is 6.83. The van der Waals surface area contributed by atoms with Crippen molar-refractivity contribution in [2.24, 2.45) is 0 Å². The molecule has 0 aromatic heterocycles. The molecule has 1 N–H and O–H groups in total. The fourth-order valence-electron chi connectivity index (χ4n) is 3.60.